The average Bonchev–Trinajstić information content (AvgIpc) is 3.51. The second-order valence-electron chi connectivity index (χ2n) is 13.5. The number of hydrogen-bond donors (Lipinski definition) is 0. The highest BCUT2D eigenvalue weighted by atomic mass is 16.3. The van der Waals surface area contributed by atoms with Crippen molar-refractivity contribution in [3.8, 4) is 55.6 Å². The lowest BCUT2D eigenvalue weighted by Gasteiger charge is -2.24. The van der Waals surface area contributed by atoms with Gasteiger partial charge in [-0.25, -0.2) is 0 Å². The number of para-hydroxylation sites is 2. The molecule has 0 bridgehead atoms. The minimum absolute atomic E-state index is 0.811. The predicted molar refractivity (Wildman–Crippen MR) is 213 cm³/mol. The van der Waals surface area contributed by atoms with Crippen LogP contribution in [-0.4, -0.2) is 9.97 Å². The van der Waals surface area contributed by atoms with Gasteiger partial charge in [-0.1, -0.05) is 78.9 Å². The van der Waals surface area contributed by atoms with Gasteiger partial charge in [-0.15, -0.1) is 0 Å². The number of aromatic nitrogens is 2. The normalized spacial score (nSPS) is 12.4. The van der Waals surface area contributed by atoms with E-state index < -0.39 is 0 Å². The van der Waals surface area contributed by atoms with E-state index in [4.69, 9.17) is 4.42 Å². The van der Waals surface area contributed by atoms with Crippen LogP contribution in [0.2, 0.25) is 0 Å². The first-order valence-corrected chi connectivity index (χ1v) is 17.7. The summed E-state index contributed by atoms with van der Waals surface area (Å²) in [7, 11) is 0. The average molecular weight is 668 g/mol. The van der Waals surface area contributed by atoms with Crippen molar-refractivity contribution in [3.63, 3.8) is 0 Å². The van der Waals surface area contributed by atoms with Crippen LogP contribution >= 0.6 is 0 Å². The molecule has 52 heavy (non-hydrogen) atoms. The van der Waals surface area contributed by atoms with Crippen molar-refractivity contribution in [1.82, 2.24) is 9.97 Å². The number of benzene rings is 6. The number of furan rings is 1. The van der Waals surface area contributed by atoms with Gasteiger partial charge in [0.2, 0.25) is 0 Å². The van der Waals surface area contributed by atoms with Gasteiger partial charge in [-0.05, 0) is 128 Å². The van der Waals surface area contributed by atoms with Crippen LogP contribution in [0, 0.1) is 0 Å². The predicted octanol–water partition coefficient (Wildman–Crippen LogP) is 12.2. The number of fused-ring (bicyclic) bond motifs is 6. The van der Waals surface area contributed by atoms with E-state index in [1.165, 1.54) is 39.1 Å². The van der Waals surface area contributed by atoms with Crippen molar-refractivity contribution in [2.45, 2.75) is 13.1 Å². The Morgan fingerprint density at radius 3 is 1.58 bits per heavy atom. The van der Waals surface area contributed by atoms with Crippen LogP contribution in [0.5, 0.6) is 0 Å². The lowest BCUT2D eigenvalue weighted by atomic mass is 9.89. The molecule has 4 nitrogen and oxygen atoms in total. The molecule has 0 N–H and O–H groups in total. The van der Waals surface area contributed by atoms with Gasteiger partial charge in [0.15, 0.2) is 0 Å². The Balaban J connectivity index is 1.14. The minimum atomic E-state index is 0.811. The summed E-state index contributed by atoms with van der Waals surface area (Å²) in [5.74, 6) is 0. The van der Waals surface area contributed by atoms with Crippen molar-refractivity contribution < 1.29 is 4.42 Å². The maximum atomic E-state index is 6.30. The summed E-state index contributed by atoms with van der Waals surface area (Å²) >= 11 is 0. The third-order valence-corrected chi connectivity index (χ3v) is 10.3. The van der Waals surface area contributed by atoms with Crippen LogP contribution in [0.25, 0.3) is 77.6 Å². The molecule has 0 saturated heterocycles. The van der Waals surface area contributed by atoms with Crippen LogP contribution in [0.4, 0.5) is 5.69 Å². The first-order chi connectivity index (χ1) is 25.7. The topological polar surface area (TPSA) is 42.2 Å². The van der Waals surface area contributed by atoms with Crippen LogP contribution in [0.3, 0.4) is 0 Å². The molecular weight excluding hydrogens is 635 g/mol. The van der Waals surface area contributed by atoms with E-state index in [1.807, 2.05) is 49.1 Å². The number of anilines is 1. The molecule has 0 aliphatic carbocycles. The van der Waals surface area contributed by atoms with Gasteiger partial charge >= 0.3 is 0 Å². The van der Waals surface area contributed by atoms with Gasteiger partial charge in [0.1, 0.15) is 11.2 Å². The summed E-state index contributed by atoms with van der Waals surface area (Å²) in [6, 6.07) is 54.6. The van der Waals surface area contributed by atoms with Gasteiger partial charge in [-0.3, -0.25) is 9.97 Å². The molecule has 0 spiro atoms. The first kappa shape index (κ1) is 30.1. The molecule has 246 valence electrons. The van der Waals surface area contributed by atoms with E-state index in [1.54, 1.807) is 0 Å². The Morgan fingerprint density at radius 2 is 0.942 bits per heavy atom. The third-order valence-electron chi connectivity index (χ3n) is 10.3. The fourth-order valence-electron chi connectivity index (χ4n) is 7.68. The number of nitrogens with zero attached hydrogens (tertiary/aromatic N) is 3. The molecule has 6 aromatic carbocycles. The molecule has 0 saturated carbocycles. The Labute approximate surface area is 302 Å². The summed E-state index contributed by atoms with van der Waals surface area (Å²) in [5.41, 5.74) is 17.2. The Morgan fingerprint density at radius 1 is 0.404 bits per heavy atom. The molecule has 9 aromatic rings. The van der Waals surface area contributed by atoms with E-state index in [0.29, 0.717) is 0 Å². The Kier molecular flexibility index (Phi) is 7.24. The molecule has 1 aliphatic heterocycles. The zero-order chi connectivity index (χ0) is 34.4. The fourth-order valence-corrected chi connectivity index (χ4v) is 7.68. The maximum absolute atomic E-state index is 6.30. The highest BCUT2D eigenvalue weighted by molar-refractivity contribution is 6.06. The lowest BCUT2D eigenvalue weighted by molar-refractivity contribution is 0.669. The number of hydrogen-bond acceptors (Lipinski definition) is 4. The van der Waals surface area contributed by atoms with Crippen molar-refractivity contribution >= 4 is 27.6 Å². The van der Waals surface area contributed by atoms with Gasteiger partial charge < -0.3 is 9.32 Å². The Hall–Kier alpha value is -6.78. The van der Waals surface area contributed by atoms with E-state index in [-0.39, 0.29) is 0 Å². The zero-order valence-electron chi connectivity index (χ0n) is 28.4. The molecule has 0 unspecified atom stereocenters. The molecule has 0 fully saturated rings. The van der Waals surface area contributed by atoms with Crippen LogP contribution in [0.15, 0.2) is 181 Å². The third kappa shape index (κ3) is 5.42. The summed E-state index contributed by atoms with van der Waals surface area (Å²) in [6.07, 6.45) is 7.51. The second kappa shape index (κ2) is 12.5. The minimum Gasteiger partial charge on any atom is -0.456 e. The van der Waals surface area contributed by atoms with E-state index >= 15 is 0 Å². The van der Waals surface area contributed by atoms with E-state index in [9.17, 15) is 0 Å². The molecule has 1 aliphatic rings. The summed E-state index contributed by atoms with van der Waals surface area (Å²) < 4.78 is 6.30. The van der Waals surface area contributed by atoms with Crippen molar-refractivity contribution in [3.05, 3.63) is 188 Å². The second-order valence-corrected chi connectivity index (χ2v) is 13.5. The van der Waals surface area contributed by atoms with Crippen LogP contribution < -0.4 is 4.90 Å². The van der Waals surface area contributed by atoms with Crippen molar-refractivity contribution in [1.29, 1.82) is 0 Å². The standard InChI is InChI=1S/C48H33N3O/c1-2-10-42(11-3-1)51-30-37-16-14-32(34-18-19-44-43-12-4-5-13-47(43)52-48(44)27-34)25-45(37)46-26-33(15-17-38(46)31-51)39-22-40(35-8-6-20-49-28-35)24-41(23-39)36-9-7-21-50-29-36/h1-29H,30-31H2. The SMILES string of the molecule is c1ccc(N2Cc3ccc(-c4cc(-c5cccnc5)cc(-c5cccnc5)c4)cc3-c3cc(-c4ccc5c(c4)oc4ccccc45)ccc3C2)cc1. The largest absolute Gasteiger partial charge is 0.456 e. The molecule has 0 atom stereocenters. The van der Waals surface area contributed by atoms with Crippen molar-refractivity contribution in [2.75, 3.05) is 4.90 Å². The molecule has 0 amide bonds. The zero-order valence-corrected chi connectivity index (χ0v) is 28.4. The van der Waals surface area contributed by atoms with Gasteiger partial charge in [0.25, 0.3) is 0 Å². The number of rotatable bonds is 5. The van der Waals surface area contributed by atoms with Crippen LogP contribution in [-0.2, 0) is 13.1 Å². The molecular formula is C48H33N3O. The summed E-state index contributed by atoms with van der Waals surface area (Å²) in [6.45, 7) is 1.62. The van der Waals surface area contributed by atoms with Gasteiger partial charge in [0.05, 0.1) is 0 Å². The highest BCUT2D eigenvalue weighted by Crippen LogP contribution is 2.41. The van der Waals surface area contributed by atoms with Crippen LogP contribution in [0.1, 0.15) is 11.1 Å². The van der Waals surface area contributed by atoms with Crippen molar-refractivity contribution in [2.24, 2.45) is 0 Å². The lowest BCUT2D eigenvalue weighted by Crippen LogP contribution is -2.20. The van der Waals surface area contributed by atoms with E-state index in [0.717, 1.165) is 68.4 Å². The monoisotopic (exact) mass is 667 g/mol. The van der Waals surface area contributed by atoms with E-state index in [2.05, 4.69) is 142 Å². The first-order valence-electron chi connectivity index (χ1n) is 17.7. The molecule has 3 aromatic heterocycles. The van der Waals surface area contributed by atoms with Gasteiger partial charge in [0, 0.05) is 65.5 Å². The molecule has 10 rings (SSSR count). The molecule has 0 radical (unpaired) electrons. The maximum Gasteiger partial charge on any atom is 0.136 e. The highest BCUT2D eigenvalue weighted by Gasteiger charge is 2.22. The quantitative estimate of drug-likeness (QED) is 0.183. The van der Waals surface area contributed by atoms with Gasteiger partial charge in [-0.2, -0.15) is 0 Å². The number of pyridine rings is 2. The summed E-state index contributed by atoms with van der Waals surface area (Å²) in [4.78, 5) is 11.3. The fraction of sp³-hybridized carbons (Fsp3) is 0.0417. The Bertz CT molecular complexity index is 2680. The summed E-state index contributed by atoms with van der Waals surface area (Å²) in [5, 5.41) is 2.29. The smallest absolute Gasteiger partial charge is 0.136 e. The molecule has 4 heterocycles. The molecule has 4 heteroatoms.